The zero-order chi connectivity index (χ0) is 19.6. The van der Waals surface area contributed by atoms with Crippen molar-refractivity contribution in [2.75, 3.05) is 0 Å². The van der Waals surface area contributed by atoms with Crippen molar-refractivity contribution >= 4 is 30.2 Å². The highest BCUT2D eigenvalue weighted by atomic mass is 35.5. The number of nitro groups is 1. The van der Waals surface area contributed by atoms with Crippen molar-refractivity contribution in [2.45, 2.75) is 6.61 Å². The number of halogens is 1. The van der Waals surface area contributed by atoms with Crippen molar-refractivity contribution in [3.05, 3.63) is 75.4 Å². The molecule has 0 atom stereocenters. The molecule has 0 aliphatic rings. The summed E-state index contributed by atoms with van der Waals surface area (Å²) in [4.78, 5) is 29.7. The van der Waals surface area contributed by atoms with Crippen LogP contribution in [0.1, 0.15) is 5.56 Å². The summed E-state index contributed by atoms with van der Waals surface area (Å²) in [5.41, 5.74) is 0.549. The summed E-state index contributed by atoms with van der Waals surface area (Å²) in [7, 11) is -4.69. The van der Waals surface area contributed by atoms with E-state index in [-0.39, 0.29) is 23.7 Å². The zero-order valence-electron chi connectivity index (χ0n) is 13.6. The minimum atomic E-state index is -4.69. The molecule has 0 fully saturated rings. The Bertz CT molecular complexity index is 1030. The molecule has 9 nitrogen and oxygen atoms in total. The normalized spacial score (nSPS) is 11.4. The molecule has 3 rings (SSSR count). The number of hydrogen-bond acceptors (Lipinski definition) is 5. The van der Waals surface area contributed by atoms with E-state index in [1.807, 2.05) is 0 Å². The number of aromatic nitrogens is 2. The highest BCUT2D eigenvalue weighted by Crippen LogP contribution is 2.38. The average Bonchev–Trinajstić information content (AvgIpc) is 3.05. The number of nitro benzene ring substituents is 1. The summed E-state index contributed by atoms with van der Waals surface area (Å²) >= 11 is 5.86. The molecule has 0 unspecified atom stereocenters. The smallest absolute Gasteiger partial charge is 0.363 e. The highest BCUT2D eigenvalue weighted by Gasteiger charge is 2.28. The monoisotopic (exact) mass is 409 g/mol. The summed E-state index contributed by atoms with van der Waals surface area (Å²) in [5.74, 6) is -0.205. The molecule has 27 heavy (non-hydrogen) atoms. The Labute approximate surface area is 158 Å². The maximum absolute atomic E-state index is 11.8. The third-order valence-electron chi connectivity index (χ3n) is 3.64. The lowest BCUT2D eigenvalue weighted by Crippen LogP contribution is -2.12. The molecule has 2 N–H and O–H groups in total. The SMILES string of the molecule is O=[N+]([O-])c1ccccc1COc1c(P(=O)(O)O)cnn1-c1ccc(Cl)cc1. The molecule has 0 saturated heterocycles. The van der Waals surface area contributed by atoms with Crippen molar-refractivity contribution in [2.24, 2.45) is 0 Å². The lowest BCUT2D eigenvalue weighted by atomic mass is 10.2. The molecule has 0 aliphatic heterocycles. The molecular weight excluding hydrogens is 397 g/mol. The molecule has 0 amide bonds. The maximum atomic E-state index is 11.8. The van der Waals surface area contributed by atoms with E-state index in [4.69, 9.17) is 16.3 Å². The number of para-hydroxylation sites is 1. The third kappa shape index (κ3) is 4.17. The highest BCUT2D eigenvalue weighted by molar-refractivity contribution is 7.60. The van der Waals surface area contributed by atoms with Gasteiger partial charge in [0.25, 0.3) is 5.69 Å². The largest absolute Gasteiger partial charge is 0.472 e. The summed E-state index contributed by atoms with van der Waals surface area (Å²) in [6.07, 6.45) is 1.00. The Hall–Kier alpha value is -2.71. The van der Waals surface area contributed by atoms with Crippen LogP contribution in [-0.2, 0) is 11.2 Å². The first kappa shape index (κ1) is 19.1. The van der Waals surface area contributed by atoms with Gasteiger partial charge < -0.3 is 14.5 Å². The first-order valence-corrected chi connectivity index (χ1v) is 9.51. The molecule has 1 heterocycles. The van der Waals surface area contributed by atoms with E-state index in [0.29, 0.717) is 10.7 Å². The quantitative estimate of drug-likeness (QED) is 0.364. The molecule has 3 aromatic rings. The second-order valence-electron chi connectivity index (χ2n) is 5.44. The summed E-state index contributed by atoms with van der Waals surface area (Å²) in [6, 6.07) is 12.3. The maximum Gasteiger partial charge on any atom is 0.363 e. The van der Waals surface area contributed by atoms with E-state index in [9.17, 15) is 24.5 Å². The molecular formula is C16H13ClN3O6P. The van der Waals surface area contributed by atoms with E-state index in [0.717, 1.165) is 6.20 Å². The van der Waals surface area contributed by atoms with Crippen molar-refractivity contribution in [1.82, 2.24) is 9.78 Å². The average molecular weight is 410 g/mol. The van der Waals surface area contributed by atoms with E-state index < -0.39 is 17.8 Å². The summed E-state index contributed by atoms with van der Waals surface area (Å²) < 4.78 is 18.5. The number of rotatable bonds is 6. The van der Waals surface area contributed by atoms with Gasteiger partial charge in [0.15, 0.2) is 0 Å². The predicted molar refractivity (Wildman–Crippen MR) is 97.7 cm³/mol. The van der Waals surface area contributed by atoms with Gasteiger partial charge in [-0.3, -0.25) is 14.7 Å². The topological polar surface area (TPSA) is 128 Å². The molecule has 0 bridgehead atoms. The van der Waals surface area contributed by atoms with Gasteiger partial charge in [-0.25, -0.2) is 4.68 Å². The van der Waals surface area contributed by atoms with Crippen LogP contribution in [0.25, 0.3) is 5.69 Å². The van der Waals surface area contributed by atoms with Gasteiger partial charge in [0, 0.05) is 11.1 Å². The Morgan fingerprint density at radius 1 is 1.19 bits per heavy atom. The van der Waals surface area contributed by atoms with Gasteiger partial charge in [0.1, 0.15) is 11.9 Å². The summed E-state index contributed by atoms with van der Waals surface area (Å²) in [5, 5.41) is 15.2. The number of nitrogens with zero attached hydrogens (tertiary/aromatic N) is 3. The predicted octanol–water partition coefficient (Wildman–Crippen LogP) is 2.82. The van der Waals surface area contributed by atoms with E-state index in [2.05, 4.69) is 5.10 Å². The molecule has 0 radical (unpaired) electrons. The Morgan fingerprint density at radius 3 is 2.48 bits per heavy atom. The van der Waals surface area contributed by atoms with Crippen LogP contribution in [0.4, 0.5) is 5.69 Å². The van der Waals surface area contributed by atoms with Crippen LogP contribution in [0.5, 0.6) is 5.88 Å². The Balaban J connectivity index is 2.01. The van der Waals surface area contributed by atoms with Crippen molar-refractivity contribution in [1.29, 1.82) is 0 Å². The van der Waals surface area contributed by atoms with Gasteiger partial charge in [-0.2, -0.15) is 5.10 Å². The van der Waals surface area contributed by atoms with Crippen LogP contribution in [0, 0.1) is 10.1 Å². The molecule has 0 saturated carbocycles. The fourth-order valence-corrected chi connectivity index (χ4v) is 3.12. The number of benzene rings is 2. The Kier molecular flexibility index (Phi) is 5.29. The van der Waals surface area contributed by atoms with Crippen LogP contribution >= 0.6 is 19.2 Å². The number of hydrogen-bond donors (Lipinski definition) is 2. The standard InChI is InChI=1S/C16H13ClN3O6P/c17-12-5-7-13(8-6-12)19-16(15(9-18-19)27(23,24)25)26-10-11-3-1-2-4-14(11)20(21)22/h1-9H,10H2,(H2,23,24,25). The molecule has 11 heteroatoms. The minimum absolute atomic E-state index is 0.159. The molecule has 1 aromatic heterocycles. The van der Waals surface area contributed by atoms with Gasteiger partial charge >= 0.3 is 7.60 Å². The lowest BCUT2D eigenvalue weighted by molar-refractivity contribution is -0.385. The zero-order valence-corrected chi connectivity index (χ0v) is 15.2. The number of ether oxygens (including phenoxy) is 1. The second kappa shape index (κ2) is 7.50. The summed E-state index contributed by atoms with van der Waals surface area (Å²) in [6.45, 7) is -0.274. The van der Waals surface area contributed by atoms with E-state index >= 15 is 0 Å². The van der Waals surface area contributed by atoms with Crippen LogP contribution in [0.3, 0.4) is 0 Å². The van der Waals surface area contributed by atoms with Gasteiger partial charge in [-0.05, 0) is 30.3 Å². The van der Waals surface area contributed by atoms with Gasteiger partial charge in [-0.15, -0.1) is 0 Å². The van der Waals surface area contributed by atoms with Gasteiger partial charge in [0.2, 0.25) is 5.88 Å². The second-order valence-corrected chi connectivity index (χ2v) is 7.45. The molecule has 140 valence electrons. The van der Waals surface area contributed by atoms with Gasteiger partial charge in [-0.1, -0.05) is 23.7 Å². The lowest BCUT2D eigenvalue weighted by Gasteiger charge is -2.12. The van der Waals surface area contributed by atoms with E-state index in [1.54, 1.807) is 30.3 Å². The molecule has 0 aliphatic carbocycles. The van der Waals surface area contributed by atoms with Crippen LogP contribution in [-0.4, -0.2) is 24.5 Å². The fourth-order valence-electron chi connectivity index (χ4n) is 2.39. The first-order chi connectivity index (χ1) is 12.8. The minimum Gasteiger partial charge on any atom is -0.472 e. The van der Waals surface area contributed by atoms with Crippen LogP contribution < -0.4 is 10.0 Å². The van der Waals surface area contributed by atoms with E-state index in [1.165, 1.54) is 22.9 Å². The van der Waals surface area contributed by atoms with Crippen molar-refractivity contribution in [3.63, 3.8) is 0 Å². The fraction of sp³-hybridized carbons (Fsp3) is 0.0625. The van der Waals surface area contributed by atoms with Crippen LogP contribution in [0.15, 0.2) is 54.7 Å². The van der Waals surface area contributed by atoms with Crippen LogP contribution in [0.2, 0.25) is 5.02 Å². The Morgan fingerprint density at radius 2 is 1.85 bits per heavy atom. The third-order valence-corrected chi connectivity index (χ3v) is 4.83. The van der Waals surface area contributed by atoms with Gasteiger partial charge in [0.05, 0.1) is 22.4 Å². The van der Waals surface area contributed by atoms with Crippen molar-refractivity contribution in [3.8, 4) is 11.6 Å². The molecule has 2 aromatic carbocycles. The molecule has 0 spiro atoms. The first-order valence-electron chi connectivity index (χ1n) is 7.52. The van der Waals surface area contributed by atoms with Crippen molar-refractivity contribution < 1.29 is 24.0 Å².